The molecule has 1 aromatic carbocycles. The number of aryl methyl sites for hydroxylation is 1. The lowest BCUT2D eigenvalue weighted by Crippen LogP contribution is -2.40. The maximum absolute atomic E-state index is 13.3. The summed E-state index contributed by atoms with van der Waals surface area (Å²) in [6.07, 6.45) is 2.19. The largest absolute Gasteiger partial charge is 0.465 e. The van der Waals surface area contributed by atoms with E-state index in [0.717, 1.165) is 35.1 Å². The number of benzene rings is 1. The Balaban J connectivity index is 2.02. The lowest BCUT2D eigenvalue weighted by Gasteiger charge is -2.40. The summed E-state index contributed by atoms with van der Waals surface area (Å²) >= 11 is 0. The van der Waals surface area contributed by atoms with Crippen LogP contribution in [0.15, 0.2) is 36.5 Å². The van der Waals surface area contributed by atoms with E-state index in [2.05, 4.69) is 24.1 Å². The van der Waals surface area contributed by atoms with Crippen molar-refractivity contribution in [3.8, 4) is 11.1 Å². The van der Waals surface area contributed by atoms with Crippen LogP contribution in [0, 0.1) is 11.4 Å². The Bertz CT molecular complexity index is 758. The molecule has 0 radical (unpaired) electrons. The zero-order valence-electron chi connectivity index (χ0n) is 13.1. The third-order valence-corrected chi connectivity index (χ3v) is 4.60. The lowest BCUT2D eigenvalue weighted by atomic mass is 9.70. The normalized spacial score (nSPS) is 19.0. The average Bonchev–Trinajstić information content (AvgIpc) is 2.49. The molecule has 120 valence electrons. The molecule has 0 bridgehead atoms. The number of rotatable bonds is 2. The van der Waals surface area contributed by atoms with E-state index in [1.165, 1.54) is 12.3 Å². The molecule has 4 nitrogen and oxygen atoms in total. The number of fused-ring (bicyclic) bond motifs is 1. The molecule has 0 saturated carbocycles. The molecule has 1 atom stereocenters. The molecule has 3 rings (SSSR count). The second-order valence-corrected chi connectivity index (χ2v) is 6.65. The summed E-state index contributed by atoms with van der Waals surface area (Å²) < 4.78 is 13.3. The van der Waals surface area contributed by atoms with Gasteiger partial charge < -0.3 is 10.4 Å². The molecular formula is C18H19FN2O2. The Kier molecular flexibility index (Phi) is 3.80. The van der Waals surface area contributed by atoms with Crippen molar-refractivity contribution in [1.29, 1.82) is 0 Å². The highest BCUT2D eigenvalue weighted by molar-refractivity contribution is 5.67. The van der Waals surface area contributed by atoms with Gasteiger partial charge in [0.1, 0.15) is 0 Å². The van der Waals surface area contributed by atoms with Gasteiger partial charge in [0.05, 0.1) is 6.04 Å². The maximum atomic E-state index is 13.3. The smallest absolute Gasteiger partial charge is 0.405 e. The fraction of sp³-hybridized carbons (Fsp3) is 0.333. The van der Waals surface area contributed by atoms with Crippen LogP contribution in [0.1, 0.15) is 37.4 Å². The molecule has 0 fully saturated rings. The zero-order valence-corrected chi connectivity index (χ0v) is 13.1. The first kappa shape index (κ1) is 15.5. The van der Waals surface area contributed by atoms with Crippen LogP contribution < -0.4 is 5.32 Å². The van der Waals surface area contributed by atoms with E-state index in [0.29, 0.717) is 0 Å². The van der Waals surface area contributed by atoms with Gasteiger partial charge in [-0.25, -0.2) is 9.78 Å². The number of nitrogens with zero attached hydrogens (tertiary/aromatic N) is 1. The molecule has 1 aliphatic rings. The molecular weight excluding hydrogens is 295 g/mol. The molecule has 5 heteroatoms. The Hall–Kier alpha value is -2.43. The van der Waals surface area contributed by atoms with Crippen LogP contribution in [-0.4, -0.2) is 16.2 Å². The van der Waals surface area contributed by atoms with E-state index in [1.807, 2.05) is 18.2 Å². The Morgan fingerprint density at radius 1 is 1.30 bits per heavy atom. The number of amides is 1. The monoisotopic (exact) mass is 314 g/mol. The van der Waals surface area contributed by atoms with E-state index in [-0.39, 0.29) is 11.5 Å². The maximum Gasteiger partial charge on any atom is 0.405 e. The van der Waals surface area contributed by atoms with Crippen LogP contribution in [0.25, 0.3) is 11.1 Å². The molecule has 1 amide bonds. The van der Waals surface area contributed by atoms with E-state index >= 15 is 0 Å². The standard InChI is InChI=1S/C18H19FN2O2/c1-18(2)7-5-13-9-11(12-6-8-20-15(19)10-12)3-4-14(13)16(18)21-17(22)23/h3-4,6,8-10,16,21H,5,7H2,1-2H3,(H,22,23). The second-order valence-electron chi connectivity index (χ2n) is 6.65. The van der Waals surface area contributed by atoms with Crippen molar-refractivity contribution in [2.45, 2.75) is 32.7 Å². The minimum Gasteiger partial charge on any atom is -0.465 e. The molecule has 0 saturated heterocycles. The summed E-state index contributed by atoms with van der Waals surface area (Å²) in [4.78, 5) is 14.7. The predicted molar refractivity (Wildman–Crippen MR) is 85.6 cm³/mol. The fourth-order valence-electron chi connectivity index (χ4n) is 3.28. The van der Waals surface area contributed by atoms with Crippen LogP contribution in [0.5, 0.6) is 0 Å². The first-order chi connectivity index (χ1) is 10.9. The van der Waals surface area contributed by atoms with Gasteiger partial charge in [-0.05, 0) is 46.6 Å². The van der Waals surface area contributed by atoms with Crippen molar-refractivity contribution in [1.82, 2.24) is 10.3 Å². The van der Waals surface area contributed by atoms with Gasteiger partial charge in [-0.2, -0.15) is 4.39 Å². The Morgan fingerprint density at radius 2 is 2.04 bits per heavy atom. The van der Waals surface area contributed by atoms with Crippen molar-refractivity contribution in [3.63, 3.8) is 0 Å². The lowest BCUT2D eigenvalue weighted by molar-refractivity contribution is 0.161. The molecule has 1 unspecified atom stereocenters. The zero-order chi connectivity index (χ0) is 16.6. The van der Waals surface area contributed by atoms with E-state index in [4.69, 9.17) is 5.11 Å². The summed E-state index contributed by atoms with van der Waals surface area (Å²) in [7, 11) is 0. The highest BCUT2D eigenvalue weighted by atomic mass is 19.1. The van der Waals surface area contributed by atoms with Gasteiger partial charge in [0, 0.05) is 12.3 Å². The van der Waals surface area contributed by atoms with Crippen molar-refractivity contribution in [2.75, 3.05) is 0 Å². The van der Waals surface area contributed by atoms with Gasteiger partial charge in [0.25, 0.3) is 0 Å². The predicted octanol–water partition coefficient (Wildman–Crippen LogP) is 4.17. The number of hydrogen-bond acceptors (Lipinski definition) is 2. The van der Waals surface area contributed by atoms with Crippen molar-refractivity contribution >= 4 is 6.09 Å². The average molecular weight is 314 g/mol. The van der Waals surface area contributed by atoms with Gasteiger partial charge in [-0.15, -0.1) is 0 Å². The van der Waals surface area contributed by atoms with Gasteiger partial charge in [0.2, 0.25) is 5.95 Å². The Labute approximate surface area is 134 Å². The van der Waals surface area contributed by atoms with Gasteiger partial charge in [-0.1, -0.05) is 32.0 Å². The molecule has 2 aromatic rings. The van der Waals surface area contributed by atoms with Crippen molar-refractivity contribution in [3.05, 3.63) is 53.6 Å². The van der Waals surface area contributed by atoms with E-state index in [9.17, 15) is 9.18 Å². The van der Waals surface area contributed by atoms with Gasteiger partial charge >= 0.3 is 6.09 Å². The first-order valence-corrected chi connectivity index (χ1v) is 7.61. The molecule has 0 spiro atoms. The van der Waals surface area contributed by atoms with Crippen LogP contribution in [0.4, 0.5) is 9.18 Å². The number of pyridine rings is 1. The topological polar surface area (TPSA) is 62.2 Å². The molecule has 0 aliphatic heterocycles. The van der Waals surface area contributed by atoms with Crippen molar-refractivity contribution in [2.24, 2.45) is 5.41 Å². The van der Waals surface area contributed by atoms with Crippen LogP contribution in [0.2, 0.25) is 0 Å². The summed E-state index contributed by atoms with van der Waals surface area (Å²) in [5.74, 6) is -0.508. The van der Waals surface area contributed by atoms with Crippen LogP contribution >= 0.6 is 0 Å². The number of carboxylic acid groups (broad SMARTS) is 1. The number of halogens is 1. The van der Waals surface area contributed by atoms with E-state index in [1.54, 1.807) is 6.07 Å². The molecule has 1 heterocycles. The number of hydrogen-bond donors (Lipinski definition) is 2. The third-order valence-electron chi connectivity index (χ3n) is 4.60. The fourth-order valence-corrected chi connectivity index (χ4v) is 3.28. The van der Waals surface area contributed by atoms with Gasteiger partial charge in [0.15, 0.2) is 0 Å². The summed E-state index contributed by atoms with van der Waals surface area (Å²) in [5, 5.41) is 11.8. The minimum absolute atomic E-state index is 0.143. The summed E-state index contributed by atoms with van der Waals surface area (Å²) in [6.45, 7) is 4.14. The highest BCUT2D eigenvalue weighted by Gasteiger charge is 2.36. The summed E-state index contributed by atoms with van der Waals surface area (Å²) in [5.41, 5.74) is 3.65. The van der Waals surface area contributed by atoms with Crippen LogP contribution in [-0.2, 0) is 6.42 Å². The number of carbonyl (C=O) groups is 1. The molecule has 1 aliphatic carbocycles. The quantitative estimate of drug-likeness (QED) is 0.818. The molecule has 2 N–H and O–H groups in total. The minimum atomic E-state index is -1.02. The number of nitrogens with one attached hydrogen (secondary N) is 1. The third kappa shape index (κ3) is 3.04. The SMILES string of the molecule is CC1(C)CCc2cc(-c3ccnc(F)c3)ccc2C1NC(=O)O. The highest BCUT2D eigenvalue weighted by Crippen LogP contribution is 2.44. The molecule has 1 aromatic heterocycles. The summed E-state index contributed by atoms with van der Waals surface area (Å²) in [6, 6.07) is 8.81. The van der Waals surface area contributed by atoms with Crippen molar-refractivity contribution < 1.29 is 14.3 Å². The first-order valence-electron chi connectivity index (χ1n) is 7.61. The second kappa shape index (κ2) is 5.65. The van der Waals surface area contributed by atoms with Crippen LogP contribution in [0.3, 0.4) is 0 Å². The molecule has 23 heavy (non-hydrogen) atoms. The Morgan fingerprint density at radius 3 is 2.74 bits per heavy atom. The van der Waals surface area contributed by atoms with Gasteiger partial charge in [-0.3, -0.25) is 0 Å². The number of aromatic nitrogens is 1. The van der Waals surface area contributed by atoms with E-state index < -0.39 is 12.0 Å².